The molecule has 0 saturated carbocycles. The van der Waals surface area contributed by atoms with Gasteiger partial charge < -0.3 is 10.6 Å². The lowest BCUT2D eigenvalue weighted by Gasteiger charge is -2.17. The van der Waals surface area contributed by atoms with E-state index in [1.807, 2.05) is 27.7 Å². The van der Waals surface area contributed by atoms with E-state index in [2.05, 4.69) is 15.6 Å². The van der Waals surface area contributed by atoms with Crippen molar-refractivity contribution in [3.05, 3.63) is 88.1 Å². The summed E-state index contributed by atoms with van der Waals surface area (Å²) in [6.07, 6.45) is 2.30. The van der Waals surface area contributed by atoms with E-state index >= 15 is 0 Å². The van der Waals surface area contributed by atoms with Crippen LogP contribution in [0.2, 0.25) is 5.02 Å². The van der Waals surface area contributed by atoms with E-state index in [-0.39, 0.29) is 29.9 Å². The number of nitrogens with zero attached hydrogens (tertiary/aromatic N) is 1. The van der Waals surface area contributed by atoms with Crippen molar-refractivity contribution in [2.75, 3.05) is 5.32 Å². The summed E-state index contributed by atoms with van der Waals surface area (Å²) in [6.45, 7) is 8.31. The Balaban J connectivity index is 0.00000176. The molecule has 170 valence electrons. The van der Waals surface area contributed by atoms with Gasteiger partial charge in [-0.25, -0.2) is 13.8 Å². The van der Waals surface area contributed by atoms with Crippen LogP contribution in [0.1, 0.15) is 61.5 Å². The summed E-state index contributed by atoms with van der Waals surface area (Å²) in [5, 5.41) is 6.08. The molecule has 0 aliphatic carbocycles. The van der Waals surface area contributed by atoms with E-state index in [0.29, 0.717) is 16.4 Å². The van der Waals surface area contributed by atoms with Gasteiger partial charge in [0, 0.05) is 17.8 Å². The van der Waals surface area contributed by atoms with Gasteiger partial charge in [0.1, 0.15) is 17.5 Å². The van der Waals surface area contributed by atoms with E-state index in [1.165, 1.54) is 30.5 Å². The lowest BCUT2D eigenvalue weighted by molar-refractivity contribution is 0.0949. The quantitative estimate of drug-likeness (QED) is 0.392. The first kappa shape index (κ1) is 25.3. The number of rotatable bonds is 7. The Hall–Kier alpha value is -2.99. The number of carbonyl (C=O) groups excluding carboxylic acids is 1. The van der Waals surface area contributed by atoms with Gasteiger partial charge in [0.05, 0.1) is 11.3 Å². The van der Waals surface area contributed by atoms with E-state index in [0.717, 1.165) is 17.5 Å². The third kappa shape index (κ3) is 6.76. The minimum Gasteiger partial charge on any atom is -0.348 e. The van der Waals surface area contributed by atoms with Crippen LogP contribution in [0.3, 0.4) is 0 Å². The van der Waals surface area contributed by atoms with Crippen molar-refractivity contribution in [3.63, 3.8) is 0 Å². The monoisotopic (exact) mass is 459 g/mol. The van der Waals surface area contributed by atoms with Gasteiger partial charge >= 0.3 is 0 Å². The van der Waals surface area contributed by atoms with Gasteiger partial charge in [-0.2, -0.15) is 0 Å². The summed E-state index contributed by atoms with van der Waals surface area (Å²) in [5.74, 6) is -0.563. The Morgan fingerprint density at radius 1 is 1.09 bits per heavy atom. The Kier molecular flexibility index (Phi) is 9.60. The molecule has 2 N–H and O–H groups in total. The van der Waals surface area contributed by atoms with Crippen LogP contribution in [0.5, 0.6) is 0 Å². The Morgan fingerprint density at radius 2 is 1.78 bits per heavy atom. The van der Waals surface area contributed by atoms with Crippen LogP contribution in [0.25, 0.3) is 0 Å². The van der Waals surface area contributed by atoms with Gasteiger partial charge in [-0.05, 0) is 59.9 Å². The van der Waals surface area contributed by atoms with Crippen LogP contribution in [-0.4, -0.2) is 10.9 Å². The van der Waals surface area contributed by atoms with Gasteiger partial charge in [-0.1, -0.05) is 51.4 Å². The van der Waals surface area contributed by atoms with E-state index in [9.17, 15) is 13.6 Å². The van der Waals surface area contributed by atoms with Crippen LogP contribution < -0.4 is 10.6 Å². The molecule has 7 heteroatoms. The number of aromatic nitrogens is 1. The molecule has 0 radical (unpaired) electrons. The van der Waals surface area contributed by atoms with Crippen molar-refractivity contribution < 1.29 is 13.6 Å². The largest absolute Gasteiger partial charge is 0.348 e. The van der Waals surface area contributed by atoms with Gasteiger partial charge in [-0.15, -0.1) is 0 Å². The number of halogens is 3. The fraction of sp³-hybridized carbons (Fsp3) is 0.280. The lowest BCUT2D eigenvalue weighted by Crippen LogP contribution is -2.24. The zero-order valence-corrected chi connectivity index (χ0v) is 19.4. The molecule has 1 aromatic heterocycles. The SMILES string of the molecule is CC.CCC(C)c1cc(Nc2ccc(Cl)cc2F)ncc1C(=O)NCc1ccc(F)cc1. The van der Waals surface area contributed by atoms with Crippen LogP contribution in [0, 0.1) is 11.6 Å². The summed E-state index contributed by atoms with van der Waals surface area (Å²) in [5.41, 5.74) is 2.30. The van der Waals surface area contributed by atoms with Crippen molar-refractivity contribution >= 4 is 29.0 Å². The van der Waals surface area contributed by atoms with Crippen molar-refractivity contribution in [2.24, 2.45) is 0 Å². The molecule has 1 amide bonds. The number of carbonyl (C=O) groups is 1. The molecule has 1 atom stereocenters. The first-order chi connectivity index (χ1) is 15.4. The number of pyridine rings is 1. The molecule has 3 aromatic rings. The van der Waals surface area contributed by atoms with E-state index in [1.54, 1.807) is 24.3 Å². The minimum absolute atomic E-state index is 0.0928. The van der Waals surface area contributed by atoms with Crippen LogP contribution in [0.4, 0.5) is 20.3 Å². The molecular formula is C25H28ClF2N3O. The van der Waals surface area contributed by atoms with E-state index in [4.69, 9.17) is 11.6 Å². The zero-order valence-electron chi connectivity index (χ0n) is 18.7. The fourth-order valence-corrected chi connectivity index (χ4v) is 3.12. The average Bonchev–Trinajstić information content (AvgIpc) is 2.81. The molecule has 0 spiro atoms. The highest BCUT2D eigenvalue weighted by atomic mass is 35.5. The molecule has 0 fully saturated rings. The highest BCUT2D eigenvalue weighted by Crippen LogP contribution is 2.27. The van der Waals surface area contributed by atoms with Gasteiger partial charge in [0.15, 0.2) is 0 Å². The maximum atomic E-state index is 14.1. The molecule has 4 nitrogen and oxygen atoms in total. The highest BCUT2D eigenvalue weighted by molar-refractivity contribution is 6.30. The Morgan fingerprint density at radius 3 is 2.41 bits per heavy atom. The molecule has 32 heavy (non-hydrogen) atoms. The highest BCUT2D eigenvalue weighted by Gasteiger charge is 2.17. The Bertz CT molecular complexity index is 1040. The summed E-state index contributed by atoms with van der Waals surface area (Å²) in [7, 11) is 0. The third-order valence-electron chi connectivity index (χ3n) is 4.88. The summed E-state index contributed by atoms with van der Waals surface area (Å²) >= 11 is 5.80. The van der Waals surface area contributed by atoms with Crippen molar-refractivity contribution in [1.82, 2.24) is 10.3 Å². The number of nitrogens with one attached hydrogen (secondary N) is 2. The first-order valence-electron chi connectivity index (χ1n) is 10.6. The Labute approximate surface area is 193 Å². The fourth-order valence-electron chi connectivity index (χ4n) is 2.97. The maximum Gasteiger partial charge on any atom is 0.253 e. The van der Waals surface area contributed by atoms with Crippen LogP contribution >= 0.6 is 11.6 Å². The lowest BCUT2D eigenvalue weighted by atomic mass is 9.94. The minimum atomic E-state index is -0.490. The molecular weight excluding hydrogens is 432 g/mol. The second kappa shape index (κ2) is 12.2. The molecule has 0 aliphatic heterocycles. The number of amides is 1. The molecule has 0 aliphatic rings. The van der Waals surface area contributed by atoms with Crippen LogP contribution in [-0.2, 0) is 6.54 Å². The van der Waals surface area contributed by atoms with Gasteiger partial charge in [-0.3, -0.25) is 4.79 Å². The first-order valence-corrected chi connectivity index (χ1v) is 11.0. The second-order valence-corrected chi connectivity index (χ2v) is 7.46. The molecule has 0 bridgehead atoms. The zero-order chi connectivity index (χ0) is 23.7. The molecule has 2 aromatic carbocycles. The van der Waals surface area contributed by atoms with Crippen molar-refractivity contribution in [2.45, 2.75) is 46.6 Å². The normalized spacial score (nSPS) is 11.2. The standard InChI is InChI=1S/C23H22ClF2N3O.C2H6/c1-3-14(2)18-11-22(29-21-9-6-16(24)10-20(21)26)27-13-19(18)23(30)28-12-15-4-7-17(25)8-5-15;1-2/h4-11,13-14H,3,12H2,1-2H3,(H,27,29)(H,28,30);1-2H3. The van der Waals surface area contributed by atoms with Crippen molar-refractivity contribution in [1.29, 1.82) is 0 Å². The second-order valence-electron chi connectivity index (χ2n) is 7.02. The van der Waals surface area contributed by atoms with Crippen molar-refractivity contribution in [3.8, 4) is 0 Å². The van der Waals surface area contributed by atoms with Gasteiger partial charge in [0.25, 0.3) is 5.91 Å². The van der Waals surface area contributed by atoms with Gasteiger partial charge in [0.2, 0.25) is 0 Å². The number of anilines is 2. The summed E-state index contributed by atoms with van der Waals surface area (Å²) in [6, 6.07) is 12.0. The smallest absolute Gasteiger partial charge is 0.253 e. The number of hydrogen-bond donors (Lipinski definition) is 2. The topological polar surface area (TPSA) is 54.0 Å². The average molecular weight is 460 g/mol. The molecule has 3 rings (SSSR count). The summed E-state index contributed by atoms with van der Waals surface area (Å²) < 4.78 is 27.1. The third-order valence-corrected chi connectivity index (χ3v) is 5.12. The summed E-state index contributed by atoms with van der Waals surface area (Å²) in [4.78, 5) is 17.0. The predicted molar refractivity (Wildman–Crippen MR) is 127 cm³/mol. The number of benzene rings is 2. The predicted octanol–water partition coefficient (Wildman–Crippen LogP) is 7.23. The number of hydrogen-bond acceptors (Lipinski definition) is 3. The maximum absolute atomic E-state index is 14.1. The molecule has 1 unspecified atom stereocenters. The van der Waals surface area contributed by atoms with Crippen LogP contribution in [0.15, 0.2) is 54.7 Å². The molecule has 1 heterocycles. The molecule has 0 saturated heterocycles. The van der Waals surface area contributed by atoms with E-state index < -0.39 is 5.82 Å².